The van der Waals surface area contributed by atoms with Crippen molar-refractivity contribution in [2.75, 3.05) is 6.54 Å². The van der Waals surface area contributed by atoms with Crippen LogP contribution in [0.3, 0.4) is 0 Å². The number of rotatable bonds is 5. The number of carbonyl (C=O) groups excluding carboxylic acids is 1. The molecular formula is C16H20ClN5O3. The molecule has 1 fully saturated rings. The van der Waals surface area contributed by atoms with Crippen LogP contribution in [0.5, 0.6) is 0 Å². The fourth-order valence-corrected chi connectivity index (χ4v) is 3.05. The highest BCUT2D eigenvalue weighted by atomic mass is 35.5. The van der Waals surface area contributed by atoms with E-state index in [1.807, 2.05) is 0 Å². The molecule has 134 valence electrons. The molecule has 9 heteroatoms. The van der Waals surface area contributed by atoms with E-state index in [1.165, 1.54) is 23.0 Å². The molecule has 0 aliphatic heterocycles. The lowest BCUT2D eigenvalue weighted by atomic mass is 9.97. The van der Waals surface area contributed by atoms with Gasteiger partial charge in [0, 0.05) is 24.9 Å². The molecule has 3 N–H and O–H groups in total. The molecule has 2 aromatic rings. The van der Waals surface area contributed by atoms with Crippen molar-refractivity contribution in [3.63, 3.8) is 0 Å². The molecule has 0 atom stereocenters. The highest BCUT2D eigenvalue weighted by Crippen LogP contribution is 2.29. The van der Waals surface area contributed by atoms with E-state index in [0.717, 1.165) is 25.7 Å². The maximum atomic E-state index is 12.4. The van der Waals surface area contributed by atoms with Crippen molar-refractivity contribution < 1.29 is 9.72 Å². The molecule has 1 aliphatic carbocycles. The van der Waals surface area contributed by atoms with Crippen molar-refractivity contribution in [1.82, 2.24) is 15.1 Å². The Bertz CT molecular complexity index is 753. The van der Waals surface area contributed by atoms with E-state index < -0.39 is 4.92 Å². The van der Waals surface area contributed by atoms with E-state index in [9.17, 15) is 14.9 Å². The lowest BCUT2D eigenvalue weighted by molar-refractivity contribution is -0.384. The summed E-state index contributed by atoms with van der Waals surface area (Å²) in [5.74, 6) is -0.199. The quantitative estimate of drug-likeness (QED) is 0.622. The summed E-state index contributed by atoms with van der Waals surface area (Å²) in [5.41, 5.74) is 6.62. The van der Waals surface area contributed by atoms with Crippen molar-refractivity contribution in [3.05, 3.63) is 52.3 Å². The van der Waals surface area contributed by atoms with Crippen LogP contribution in [0.15, 0.2) is 36.7 Å². The molecule has 3 rings (SSSR count). The van der Waals surface area contributed by atoms with E-state index in [-0.39, 0.29) is 29.5 Å². The standard InChI is InChI=1S/C16H19N5O3.ClH/c17-11-16(7-1-2-8-16)19-15(22)12-9-18-20(10-12)13-3-5-14(6-4-13)21(23)24;/h3-6,9-10H,1-2,7-8,11,17H2,(H,19,22);1H. The van der Waals surface area contributed by atoms with Crippen LogP contribution in [-0.4, -0.2) is 32.7 Å². The van der Waals surface area contributed by atoms with Crippen LogP contribution < -0.4 is 11.1 Å². The van der Waals surface area contributed by atoms with Crippen LogP contribution >= 0.6 is 12.4 Å². The number of hydrogen-bond acceptors (Lipinski definition) is 5. The zero-order valence-electron chi connectivity index (χ0n) is 13.6. The molecule has 1 amide bonds. The van der Waals surface area contributed by atoms with Crippen molar-refractivity contribution in [2.45, 2.75) is 31.2 Å². The molecule has 1 aliphatic rings. The highest BCUT2D eigenvalue weighted by Gasteiger charge is 2.34. The lowest BCUT2D eigenvalue weighted by Crippen LogP contribution is -2.51. The van der Waals surface area contributed by atoms with Gasteiger partial charge >= 0.3 is 0 Å². The van der Waals surface area contributed by atoms with E-state index in [4.69, 9.17) is 5.73 Å². The second-order valence-electron chi connectivity index (χ2n) is 6.09. The van der Waals surface area contributed by atoms with Gasteiger partial charge in [-0.05, 0) is 25.0 Å². The Hall–Kier alpha value is -2.45. The summed E-state index contributed by atoms with van der Waals surface area (Å²) >= 11 is 0. The lowest BCUT2D eigenvalue weighted by Gasteiger charge is -2.28. The number of aromatic nitrogens is 2. The minimum atomic E-state index is -0.459. The van der Waals surface area contributed by atoms with Crippen molar-refractivity contribution in [2.24, 2.45) is 5.73 Å². The van der Waals surface area contributed by atoms with E-state index in [1.54, 1.807) is 18.3 Å². The summed E-state index contributed by atoms with van der Waals surface area (Å²) in [4.78, 5) is 22.7. The molecule has 1 saturated carbocycles. The number of benzene rings is 1. The van der Waals surface area contributed by atoms with Crippen LogP contribution in [0.1, 0.15) is 36.0 Å². The number of halogens is 1. The molecule has 0 radical (unpaired) electrons. The molecule has 1 aromatic heterocycles. The number of nitro groups is 1. The van der Waals surface area contributed by atoms with Gasteiger partial charge in [0.05, 0.1) is 27.9 Å². The smallest absolute Gasteiger partial charge is 0.269 e. The second-order valence-corrected chi connectivity index (χ2v) is 6.09. The van der Waals surface area contributed by atoms with Gasteiger partial charge in [-0.15, -0.1) is 12.4 Å². The maximum Gasteiger partial charge on any atom is 0.269 e. The second kappa shape index (κ2) is 7.62. The van der Waals surface area contributed by atoms with Gasteiger partial charge < -0.3 is 11.1 Å². The van der Waals surface area contributed by atoms with Gasteiger partial charge in [0.15, 0.2) is 0 Å². The zero-order chi connectivity index (χ0) is 17.2. The molecule has 1 heterocycles. The molecular weight excluding hydrogens is 346 g/mol. The van der Waals surface area contributed by atoms with E-state index in [2.05, 4.69) is 10.4 Å². The summed E-state index contributed by atoms with van der Waals surface area (Å²) in [6.07, 6.45) is 7.02. The van der Waals surface area contributed by atoms with E-state index >= 15 is 0 Å². The Morgan fingerprint density at radius 2 is 1.96 bits per heavy atom. The average molecular weight is 366 g/mol. The number of nitrogens with zero attached hydrogens (tertiary/aromatic N) is 3. The van der Waals surface area contributed by atoms with Crippen molar-refractivity contribution >= 4 is 24.0 Å². The first-order valence-corrected chi connectivity index (χ1v) is 7.85. The predicted octanol–water partition coefficient (Wildman–Crippen LogP) is 2.20. The Morgan fingerprint density at radius 3 is 2.52 bits per heavy atom. The molecule has 8 nitrogen and oxygen atoms in total. The third-order valence-corrected chi connectivity index (χ3v) is 4.50. The summed E-state index contributed by atoms with van der Waals surface area (Å²) in [7, 11) is 0. The van der Waals surface area contributed by atoms with Crippen molar-refractivity contribution in [3.8, 4) is 5.69 Å². The third kappa shape index (κ3) is 3.97. The van der Waals surface area contributed by atoms with Crippen LogP contribution in [-0.2, 0) is 0 Å². The Balaban J connectivity index is 0.00000225. The van der Waals surface area contributed by atoms with Crippen LogP contribution in [0.4, 0.5) is 5.69 Å². The van der Waals surface area contributed by atoms with E-state index in [0.29, 0.717) is 17.8 Å². The average Bonchev–Trinajstić information content (AvgIpc) is 3.25. The molecule has 1 aromatic carbocycles. The number of nitro benzene ring substituents is 1. The maximum absolute atomic E-state index is 12.4. The Kier molecular flexibility index (Phi) is 5.76. The fraction of sp³-hybridized carbons (Fsp3) is 0.375. The van der Waals surface area contributed by atoms with Gasteiger partial charge in [0.25, 0.3) is 11.6 Å². The number of nitrogens with one attached hydrogen (secondary N) is 1. The number of hydrogen-bond donors (Lipinski definition) is 2. The number of nitrogens with two attached hydrogens (primary N) is 1. The first kappa shape index (κ1) is 18.9. The summed E-state index contributed by atoms with van der Waals surface area (Å²) in [6, 6.07) is 5.98. The normalized spacial score (nSPS) is 15.4. The number of amides is 1. The SMILES string of the molecule is Cl.NCC1(NC(=O)c2cnn(-c3ccc([N+](=O)[O-])cc3)c2)CCCC1. The first-order chi connectivity index (χ1) is 11.5. The zero-order valence-corrected chi connectivity index (χ0v) is 14.4. The van der Waals surface area contributed by atoms with Gasteiger partial charge in [0.2, 0.25) is 0 Å². The van der Waals surface area contributed by atoms with Gasteiger partial charge in [-0.25, -0.2) is 4.68 Å². The van der Waals surface area contributed by atoms with Crippen LogP contribution in [0.25, 0.3) is 5.69 Å². The van der Waals surface area contributed by atoms with Crippen LogP contribution in [0, 0.1) is 10.1 Å². The fourth-order valence-electron chi connectivity index (χ4n) is 3.05. The molecule has 25 heavy (non-hydrogen) atoms. The van der Waals surface area contributed by atoms with Crippen LogP contribution in [0.2, 0.25) is 0 Å². The summed E-state index contributed by atoms with van der Waals surface area (Å²) in [6.45, 7) is 0.426. The molecule has 0 spiro atoms. The van der Waals surface area contributed by atoms with Gasteiger partial charge in [-0.1, -0.05) is 12.8 Å². The largest absolute Gasteiger partial charge is 0.345 e. The minimum absolute atomic E-state index is 0. The minimum Gasteiger partial charge on any atom is -0.345 e. The van der Waals surface area contributed by atoms with Gasteiger partial charge in [-0.2, -0.15) is 5.10 Å². The molecule has 0 saturated heterocycles. The predicted molar refractivity (Wildman–Crippen MR) is 95.2 cm³/mol. The molecule has 0 unspecified atom stereocenters. The number of carbonyl (C=O) groups is 1. The Labute approximate surface area is 151 Å². The molecule has 0 bridgehead atoms. The monoisotopic (exact) mass is 365 g/mol. The van der Waals surface area contributed by atoms with Gasteiger partial charge in [-0.3, -0.25) is 14.9 Å². The van der Waals surface area contributed by atoms with Crippen molar-refractivity contribution in [1.29, 1.82) is 0 Å². The third-order valence-electron chi connectivity index (χ3n) is 4.50. The Morgan fingerprint density at radius 1 is 1.32 bits per heavy atom. The summed E-state index contributed by atoms with van der Waals surface area (Å²) in [5, 5.41) is 17.9. The summed E-state index contributed by atoms with van der Waals surface area (Å²) < 4.78 is 1.52. The topological polar surface area (TPSA) is 116 Å². The highest BCUT2D eigenvalue weighted by molar-refractivity contribution is 5.94. The van der Waals surface area contributed by atoms with Gasteiger partial charge in [0.1, 0.15) is 0 Å². The number of non-ortho nitro benzene ring substituents is 1. The first-order valence-electron chi connectivity index (χ1n) is 7.85.